The maximum atomic E-state index is 5.18. The second-order valence-corrected chi connectivity index (χ2v) is 5.41. The van der Waals surface area contributed by atoms with Crippen LogP contribution in [0.4, 0.5) is 0 Å². The summed E-state index contributed by atoms with van der Waals surface area (Å²) in [5.74, 6) is 0. The molecule has 1 heterocycles. The molecule has 0 aliphatic carbocycles. The van der Waals surface area contributed by atoms with Crippen molar-refractivity contribution in [2.45, 2.75) is 27.7 Å². The minimum absolute atomic E-state index is 0.871. The van der Waals surface area contributed by atoms with Gasteiger partial charge in [0.25, 0.3) is 0 Å². The summed E-state index contributed by atoms with van der Waals surface area (Å²) in [6.07, 6.45) is 0. The molecule has 0 aliphatic heterocycles. The molecule has 14 heavy (non-hydrogen) atoms. The van der Waals surface area contributed by atoms with E-state index in [0.29, 0.717) is 0 Å². The average Bonchev–Trinajstić information content (AvgIpc) is 2.54. The van der Waals surface area contributed by atoms with Gasteiger partial charge in [0.05, 0.1) is 10.2 Å². The molecule has 2 rings (SSSR count). The number of benzene rings is 1. The lowest BCUT2D eigenvalue weighted by Gasteiger charge is -2.09. The highest BCUT2D eigenvalue weighted by atomic mass is 32.1. The van der Waals surface area contributed by atoms with E-state index in [2.05, 4.69) is 32.7 Å². The van der Waals surface area contributed by atoms with Gasteiger partial charge in [0.1, 0.15) is 0 Å². The highest BCUT2D eigenvalue weighted by Gasteiger charge is 2.10. The predicted octanol–water partition coefficient (Wildman–Crippen LogP) is 4.19. The van der Waals surface area contributed by atoms with Crippen molar-refractivity contribution < 1.29 is 0 Å². The molecule has 0 fully saturated rings. The highest BCUT2D eigenvalue weighted by Crippen LogP contribution is 2.31. The van der Waals surface area contributed by atoms with E-state index in [-0.39, 0.29) is 0 Å². The fourth-order valence-corrected chi connectivity index (χ4v) is 3.08. The van der Waals surface area contributed by atoms with Crippen LogP contribution in [0.3, 0.4) is 0 Å². The van der Waals surface area contributed by atoms with Crippen LogP contribution in [0.1, 0.15) is 22.3 Å². The van der Waals surface area contributed by atoms with Gasteiger partial charge in [-0.25, -0.2) is 0 Å². The Morgan fingerprint density at radius 1 is 0.929 bits per heavy atom. The van der Waals surface area contributed by atoms with Crippen molar-refractivity contribution in [3.8, 4) is 0 Å². The molecule has 1 nitrogen and oxygen atoms in total. The van der Waals surface area contributed by atoms with Gasteiger partial charge in [-0.15, -0.1) is 11.3 Å². The molecule has 0 atom stereocenters. The third-order valence-electron chi connectivity index (χ3n) is 3.05. The second-order valence-electron chi connectivity index (χ2n) is 3.72. The smallest absolute Gasteiger partial charge is 0.159 e. The van der Waals surface area contributed by atoms with Gasteiger partial charge in [-0.3, -0.25) is 0 Å². The molecular formula is C11H13NS2. The molecule has 0 radical (unpaired) electrons. The van der Waals surface area contributed by atoms with Gasteiger partial charge in [-0.05, 0) is 62.2 Å². The maximum Gasteiger partial charge on any atom is 0.159 e. The quantitative estimate of drug-likeness (QED) is 0.662. The zero-order chi connectivity index (χ0) is 10.5. The largest absolute Gasteiger partial charge is 0.337 e. The zero-order valence-corrected chi connectivity index (χ0v) is 10.4. The summed E-state index contributed by atoms with van der Waals surface area (Å²) in [7, 11) is 0. The van der Waals surface area contributed by atoms with Crippen LogP contribution in [-0.4, -0.2) is 4.98 Å². The van der Waals surface area contributed by atoms with Crippen LogP contribution in [0, 0.1) is 31.6 Å². The summed E-state index contributed by atoms with van der Waals surface area (Å²) in [5.41, 5.74) is 6.68. The summed E-state index contributed by atoms with van der Waals surface area (Å²) >= 11 is 6.86. The van der Waals surface area contributed by atoms with Crippen molar-refractivity contribution in [3.05, 3.63) is 26.2 Å². The third kappa shape index (κ3) is 1.23. The standard InChI is InChI=1S/C11H13NS2/c1-5-6(2)8(4)10-9(7(5)3)12-11(13)14-10/h1-4H3,(H,12,13). The van der Waals surface area contributed by atoms with Gasteiger partial charge in [-0.1, -0.05) is 0 Å². The Morgan fingerprint density at radius 2 is 1.50 bits per heavy atom. The molecule has 1 aromatic carbocycles. The molecule has 1 aromatic heterocycles. The molecule has 0 saturated carbocycles. The van der Waals surface area contributed by atoms with Crippen LogP contribution < -0.4 is 0 Å². The summed E-state index contributed by atoms with van der Waals surface area (Å²) in [6, 6.07) is 0. The number of hydrogen-bond acceptors (Lipinski definition) is 2. The normalized spacial score (nSPS) is 11.1. The predicted molar refractivity (Wildman–Crippen MR) is 66.0 cm³/mol. The number of aromatic amines is 1. The second kappa shape index (κ2) is 3.17. The van der Waals surface area contributed by atoms with Crippen LogP contribution >= 0.6 is 23.6 Å². The van der Waals surface area contributed by atoms with E-state index < -0.39 is 0 Å². The summed E-state index contributed by atoms with van der Waals surface area (Å²) in [6.45, 7) is 8.68. The number of fused-ring (bicyclic) bond motifs is 1. The monoisotopic (exact) mass is 223 g/mol. The molecule has 2 aromatic rings. The highest BCUT2D eigenvalue weighted by molar-refractivity contribution is 7.73. The SMILES string of the molecule is Cc1c(C)c(C)c2sc(=S)[nH]c2c1C. The fraction of sp³-hybridized carbons (Fsp3) is 0.364. The van der Waals surface area contributed by atoms with Gasteiger partial charge in [0.2, 0.25) is 0 Å². The molecular weight excluding hydrogens is 210 g/mol. The van der Waals surface area contributed by atoms with E-state index in [1.807, 2.05) is 0 Å². The lowest BCUT2D eigenvalue weighted by atomic mass is 9.99. The van der Waals surface area contributed by atoms with Crippen molar-refractivity contribution in [2.24, 2.45) is 0 Å². The molecule has 0 bridgehead atoms. The van der Waals surface area contributed by atoms with E-state index in [1.54, 1.807) is 11.3 Å². The Morgan fingerprint density at radius 3 is 2.14 bits per heavy atom. The van der Waals surface area contributed by atoms with Crippen molar-refractivity contribution in [2.75, 3.05) is 0 Å². The zero-order valence-electron chi connectivity index (χ0n) is 8.82. The minimum Gasteiger partial charge on any atom is -0.337 e. The Bertz CT molecular complexity index is 513. The number of H-pyrrole nitrogens is 1. The Hall–Kier alpha value is -0.670. The summed E-state index contributed by atoms with van der Waals surface area (Å²) in [4.78, 5) is 3.27. The first-order valence-electron chi connectivity index (χ1n) is 4.61. The van der Waals surface area contributed by atoms with Gasteiger partial charge in [0, 0.05) is 0 Å². The molecule has 0 saturated heterocycles. The van der Waals surface area contributed by atoms with E-state index in [9.17, 15) is 0 Å². The topological polar surface area (TPSA) is 15.8 Å². The van der Waals surface area contributed by atoms with Crippen molar-refractivity contribution in [3.63, 3.8) is 0 Å². The van der Waals surface area contributed by atoms with Crippen molar-refractivity contribution in [1.82, 2.24) is 4.98 Å². The number of aromatic nitrogens is 1. The van der Waals surface area contributed by atoms with Gasteiger partial charge in [0.15, 0.2) is 3.95 Å². The molecule has 3 heteroatoms. The Labute approximate surface area is 92.8 Å². The van der Waals surface area contributed by atoms with Crippen LogP contribution in [0.5, 0.6) is 0 Å². The molecule has 0 spiro atoms. The molecule has 1 N–H and O–H groups in total. The van der Waals surface area contributed by atoms with Gasteiger partial charge in [-0.2, -0.15) is 0 Å². The lowest BCUT2D eigenvalue weighted by Crippen LogP contribution is -1.91. The summed E-state index contributed by atoms with van der Waals surface area (Å²) in [5, 5.41) is 0. The van der Waals surface area contributed by atoms with Crippen molar-refractivity contribution >= 4 is 33.8 Å². The van der Waals surface area contributed by atoms with Crippen LogP contribution in [0.15, 0.2) is 0 Å². The first-order chi connectivity index (χ1) is 6.52. The average molecular weight is 223 g/mol. The first-order valence-corrected chi connectivity index (χ1v) is 5.84. The van der Waals surface area contributed by atoms with Gasteiger partial charge >= 0.3 is 0 Å². The first kappa shape index (κ1) is 9.87. The molecule has 0 aliphatic rings. The number of thiazole rings is 1. The number of aryl methyl sites for hydroxylation is 2. The van der Waals surface area contributed by atoms with E-state index >= 15 is 0 Å². The van der Waals surface area contributed by atoms with E-state index in [0.717, 1.165) is 3.95 Å². The lowest BCUT2D eigenvalue weighted by molar-refractivity contribution is 1.24. The van der Waals surface area contributed by atoms with E-state index in [4.69, 9.17) is 12.2 Å². The van der Waals surface area contributed by atoms with Gasteiger partial charge < -0.3 is 4.98 Å². The number of hydrogen-bond donors (Lipinski definition) is 1. The fourth-order valence-electron chi connectivity index (χ4n) is 1.78. The molecule has 0 amide bonds. The Balaban J connectivity index is 3.08. The van der Waals surface area contributed by atoms with E-state index in [1.165, 1.54) is 32.5 Å². The van der Waals surface area contributed by atoms with Crippen molar-refractivity contribution in [1.29, 1.82) is 0 Å². The molecule has 74 valence electrons. The van der Waals surface area contributed by atoms with Crippen LogP contribution in [-0.2, 0) is 0 Å². The number of nitrogens with one attached hydrogen (secondary N) is 1. The minimum atomic E-state index is 0.871. The van der Waals surface area contributed by atoms with Crippen LogP contribution in [0.25, 0.3) is 10.2 Å². The maximum absolute atomic E-state index is 5.18. The van der Waals surface area contributed by atoms with Crippen LogP contribution in [0.2, 0.25) is 0 Å². The molecule has 0 unspecified atom stereocenters. The summed E-state index contributed by atoms with van der Waals surface area (Å²) < 4.78 is 2.19. The number of rotatable bonds is 0. The Kier molecular flexibility index (Phi) is 2.24. The third-order valence-corrected chi connectivity index (χ3v) is 4.41.